The van der Waals surface area contributed by atoms with E-state index in [2.05, 4.69) is 0 Å². The largest absolute Gasteiger partial charge is 0.340 e. The van der Waals surface area contributed by atoms with Crippen LogP contribution < -0.4 is 0 Å². The van der Waals surface area contributed by atoms with Crippen LogP contribution in [0.15, 0.2) is 29.2 Å². The fraction of sp³-hybridized carbons (Fsp3) is 0.533. The molecule has 0 radical (unpaired) electrons. The summed E-state index contributed by atoms with van der Waals surface area (Å²) >= 11 is 0. The molecule has 0 N–H and O–H groups in total. The van der Waals surface area contributed by atoms with Gasteiger partial charge in [-0.25, -0.2) is 8.42 Å². The van der Waals surface area contributed by atoms with Crippen LogP contribution >= 0.6 is 0 Å². The Labute approximate surface area is 125 Å². The van der Waals surface area contributed by atoms with Crippen LogP contribution in [0, 0.1) is 12.8 Å². The van der Waals surface area contributed by atoms with E-state index < -0.39 is 10.0 Å². The first-order valence-electron chi connectivity index (χ1n) is 7.35. The van der Waals surface area contributed by atoms with Gasteiger partial charge in [0, 0.05) is 32.1 Å². The summed E-state index contributed by atoms with van der Waals surface area (Å²) in [6.07, 6.45) is 1.97. The second-order valence-electron chi connectivity index (χ2n) is 5.77. The Bertz CT molecular complexity index is 645. The first kappa shape index (κ1) is 14.5. The maximum Gasteiger partial charge on any atom is 0.243 e. The number of piperazine rings is 1. The van der Waals surface area contributed by atoms with Crippen molar-refractivity contribution in [3.8, 4) is 0 Å². The van der Waals surface area contributed by atoms with E-state index in [0.717, 1.165) is 18.4 Å². The summed E-state index contributed by atoms with van der Waals surface area (Å²) in [5.41, 5.74) is 0.758. The highest BCUT2D eigenvalue weighted by Crippen LogP contribution is 2.31. The van der Waals surface area contributed by atoms with Crippen molar-refractivity contribution < 1.29 is 13.2 Å². The highest BCUT2D eigenvalue weighted by atomic mass is 32.2. The van der Waals surface area contributed by atoms with Gasteiger partial charge in [0.05, 0.1) is 4.90 Å². The number of rotatable bonds is 3. The van der Waals surface area contributed by atoms with Crippen LogP contribution in [-0.4, -0.2) is 49.7 Å². The number of carbonyl (C=O) groups is 1. The molecule has 1 heterocycles. The van der Waals surface area contributed by atoms with Crippen LogP contribution in [0.4, 0.5) is 0 Å². The predicted octanol–water partition coefficient (Wildman–Crippen LogP) is 1.24. The Morgan fingerprint density at radius 2 is 1.71 bits per heavy atom. The molecule has 2 aliphatic rings. The Kier molecular flexibility index (Phi) is 3.75. The third-order valence-corrected chi connectivity index (χ3v) is 6.25. The third-order valence-electron chi connectivity index (χ3n) is 4.19. The van der Waals surface area contributed by atoms with Gasteiger partial charge in [0.15, 0.2) is 0 Å². The normalized spacial score (nSPS) is 20.5. The molecule has 5 nitrogen and oxygen atoms in total. The molecule has 21 heavy (non-hydrogen) atoms. The highest BCUT2D eigenvalue weighted by Gasteiger charge is 2.36. The van der Waals surface area contributed by atoms with E-state index in [1.807, 2.05) is 11.0 Å². The minimum Gasteiger partial charge on any atom is -0.340 e. The molecule has 0 aromatic heterocycles. The van der Waals surface area contributed by atoms with Crippen LogP contribution in [0.5, 0.6) is 0 Å². The summed E-state index contributed by atoms with van der Waals surface area (Å²) < 4.78 is 26.8. The van der Waals surface area contributed by atoms with Crippen molar-refractivity contribution in [1.82, 2.24) is 9.21 Å². The zero-order chi connectivity index (χ0) is 15.0. The van der Waals surface area contributed by atoms with E-state index in [-0.39, 0.29) is 11.8 Å². The number of amides is 1. The molecule has 1 saturated carbocycles. The van der Waals surface area contributed by atoms with Gasteiger partial charge < -0.3 is 4.90 Å². The van der Waals surface area contributed by atoms with Crippen molar-refractivity contribution in [2.24, 2.45) is 5.92 Å². The zero-order valence-corrected chi connectivity index (χ0v) is 13.0. The lowest BCUT2D eigenvalue weighted by Crippen LogP contribution is -2.51. The fourth-order valence-electron chi connectivity index (χ4n) is 2.72. The SMILES string of the molecule is Cc1ccccc1S(=O)(=O)N1CCN(C(=O)C2CC2)CC1. The minimum atomic E-state index is -3.45. The lowest BCUT2D eigenvalue weighted by molar-refractivity contribution is -0.133. The summed E-state index contributed by atoms with van der Waals surface area (Å²) in [4.78, 5) is 14.2. The van der Waals surface area contributed by atoms with Crippen molar-refractivity contribution >= 4 is 15.9 Å². The second-order valence-corrected chi connectivity index (χ2v) is 7.68. The summed E-state index contributed by atoms with van der Waals surface area (Å²) in [6.45, 7) is 3.57. The summed E-state index contributed by atoms with van der Waals surface area (Å²) in [7, 11) is -3.45. The molecule has 114 valence electrons. The fourth-order valence-corrected chi connectivity index (χ4v) is 4.37. The number of aryl methyl sites for hydroxylation is 1. The average Bonchev–Trinajstić information content (AvgIpc) is 3.31. The van der Waals surface area contributed by atoms with Crippen LogP contribution in [0.1, 0.15) is 18.4 Å². The first-order chi connectivity index (χ1) is 10.00. The van der Waals surface area contributed by atoms with Gasteiger partial charge >= 0.3 is 0 Å². The third kappa shape index (κ3) is 2.82. The number of sulfonamides is 1. The number of benzene rings is 1. The summed E-state index contributed by atoms with van der Waals surface area (Å²) in [6, 6.07) is 7.03. The summed E-state index contributed by atoms with van der Waals surface area (Å²) in [5.74, 6) is 0.396. The maximum absolute atomic E-state index is 12.7. The van der Waals surface area contributed by atoms with E-state index in [4.69, 9.17) is 0 Å². The van der Waals surface area contributed by atoms with Gasteiger partial charge in [-0.05, 0) is 31.4 Å². The van der Waals surface area contributed by atoms with E-state index in [9.17, 15) is 13.2 Å². The Morgan fingerprint density at radius 1 is 1.10 bits per heavy atom. The van der Waals surface area contributed by atoms with Gasteiger partial charge in [0.25, 0.3) is 0 Å². The van der Waals surface area contributed by atoms with E-state index in [0.29, 0.717) is 31.1 Å². The first-order valence-corrected chi connectivity index (χ1v) is 8.79. The number of nitrogens with zero attached hydrogens (tertiary/aromatic N) is 2. The number of carbonyl (C=O) groups excluding carboxylic acids is 1. The van der Waals surface area contributed by atoms with Crippen molar-refractivity contribution in [1.29, 1.82) is 0 Å². The van der Waals surface area contributed by atoms with Gasteiger partial charge in [-0.3, -0.25) is 4.79 Å². The molecule has 2 fully saturated rings. The van der Waals surface area contributed by atoms with E-state index in [1.165, 1.54) is 4.31 Å². The van der Waals surface area contributed by atoms with Crippen molar-refractivity contribution in [2.75, 3.05) is 26.2 Å². The molecule has 1 saturated heterocycles. The van der Waals surface area contributed by atoms with Gasteiger partial charge in [-0.1, -0.05) is 18.2 Å². The lowest BCUT2D eigenvalue weighted by Gasteiger charge is -2.34. The van der Waals surface area contributed by atoms with Gasteiger partial charge in [-0.2, -0.15) is 4.31 Å². The topological polar surface area (TPSA) is 57.7 Å². The molecule has 1 aromatic rings. The van der Waals surface area contributed by atoms with Crippen LogP contribution in [-0.2, 0) is 14.8 Å². The van der Waals surface area contributed by atoms with Gasteiger partial charge in [-0.15, -0.1) is 0 Å². The number of hydrogen-bond donors (Lipinski definition) is 0. The average molecular weight is 308 g/mol. The Morgan fingerprint density at radius 3 is 2.29 bits per heavy atom. The summed E-state index contributed by atoms with van der Waals surface area (Å²) in [5, 5.41) is 0. The molecular formula is C15H20N2O3S. The smallest absolute Gasteiger partial charge is 0.243 e. The van der Waals surface area contributed by atoms with Crippen molar-refractivity contribution in [2.45, 2.75) is 24.7 Å². The predicted molar refractivity (Wildman–Crippen MR) is 79.2 cm³/mol. The Balaban J connectivity index is 1.71. The Hall–Kier alpha value is -1.40. The van der Waals surface area contributed by atoms with Gasteiger partial charge in [0.2, 0.25) is 15.9 Å². The maximum atomic E-state index is 12.7. The molecule has 0 atom stereocenters. The van der Waals surface area contributed by atoms with Crippen molar-refractivity contribution in [3.63, 3.8) is 0 Å². The molecule has 1 amide bonds. The second kappa shape index (κ2) is 5.42. The monoisotopic (exact) mass is 308 g/mol. The van der Waals surface area contributed by atoms with E-state index in [1.54, 1.807) is 25.1 Å². The van der Waals surface area contributed by atoms with Gasteiger partial charge in [0.1, 0.15) is 0 Å². The van der Waals surface area contributed by atoms with E-state index >= 15 is 0 Å². The molecule has 1 aromatic carbocycles. The van der Waals surface area contributed by atoms with Crippen LogP contribution in [0.25, 0.3) is 0 Å². The van der Waals surface area contributed by atoms with Crippen LogP contribution in [0.3, 0.4) is 0 Å². The molecule has 0 spiro atoms. The standard InChI is InChI=1S/C15H20N2O3S/c1-12-4-2-3-5-14(12)21(19,20)17-10-8-16(9-11-17)15(18)13-6-7-13/h2-5,13H,6-11H2,1H3. The number of hydrogen-bond acceptors (Lipinski definition) is 3. The van der Waals surface area contributed by atoms with Crippen molar-refractivity contribution in [3.05, 3.63) is 29.8 Å². The minimum absolute atomic E-state index is 0.197. The quantitative estimate of drug-likeness (QED) is 0.844. The highest BCUT2D eigenvalue weighted by molar-refractivity contribution is 7.89. The molecule has 0 unspecified atom stereocenters. The molecule has 1 aliphatic carbocycles. The zero-order valence-electron chi connectivity index (χ0n) is 12.2. The molecule has 3 rings (SSSR count). The molecule has 0 bridgehead atoms. The molecule has 6 heteroatoms. The van der Waals surface area contributed by atoms with Crippen LogP contribution in [0.2, 0.25) is 0 Å². The molecule has 1 aliphatic heterocycles. The lowest BCUT2D eigenvalue weighted by atomic mass is 10.2. The molecular weight excluding hydrogens is 288 g/mol.